The average molecular weight is 261 g/mol. The topological polar surface area (TPSA) is 49.8 Å². The number of esters is 1. The molecule has 2 bridgehead atoms. The van der Waals surface area contributed by atoms with E-state index in [0.717, 1.165) is 25.9 Å². The van der Waals surface area contributed by atoms with Crippen molar-refractivity contribution < 1.29 is 14.6 Å². The summed E-state index contributed by atoms with van der Waals surface area (Å²) in [5.41, 5.74) is 0.596. The highest BCUT2D eigenvalue weighted by atomic mass is 16.5. The Hall–Kier alpha value is -1.39. The third-order valence-electron chi connectivity index (χ3n) is 4.26. The first-order valence-corrected chi connectivity index (χ1v) is 6.88. The molecule has 3 heterocycles. The molecule has 3 aliphatic heterocycles. The Balaban J connectivity index is 1.55. The predicted octanol–water partition coefficient (Wildman–Crippen LogP) is 1.30. The Morgan fingerprint density at radius 1 is 1.37 bits per heavy atom. The number of piperidine rings is 3. The third kappa shape index (κ3) is 2.65. The van der Waals surface area contributed by atoms with E-state index < -0.39 is 0 Å². The maximum atomic E-state index is 11.9. The Morgan fingerprint density at radius 3 is 2.79 bits per heavy atom. The van der Waals surface area contributed by atoms with Crippen molar-refractivity contribution in [2.24, 2.45) is 5.92 Å². The van der Waals surface area contributed by atoms with E-state index in [2.05, 4.69) is 4.90 Å². The van der Waals surface area contributed by atoms with Crippen molar-refractivity contribution in [2.75, 3.05) is 19.7 Å². The highest BCUT2D eigenvalue weighted by molar-refractivity contribution is 5.89. The zero-order valence-electron chi connectivity index (χ0n) is 10.9. The van der Waals surface area contributed by atoms with Crippen LogP contribution in [0.1, 0.15) is 23.2 Å². The molecule has 4 heteroatoms. The number of aliphatic hydroxyl groups excluding tert-OH is 1. The molecule has 0 radical (unpaired) electrons. The number of hydrogen-bond donors (Lipinski definition) is 1. The second-order valence-electron chi connectivity index (χ2n) is 5.47. The van der Waals surface area contributed by atoms with E-state index in [0.29, 0.717) is 18.1 Å². The third-order valence-corrected chi connectivity index (χ3v) is 4.26. The fourth-order valence-corrected chi connectivity index (χ4v) is 3.11. The van der Waals surface area contributed by atoms with Crippen LogP contribution in [0.3, 0.4) is 0 Å². The summed E-state index contributed by atoms with van der Waals surface area (Å²) < 4.78 is 5.39. The normalized spacial score (nSPS) is 33.1. The number of hydrogen-bond acceptors (Lipinski definition) is 4. The molecule has 3 aliphatic rings. The van der Waals surface area contributed by atoms with Gasteiger partial charge in [0, 0.05) is 12.6 Å². The summed E-state index contributed by atoms with van der Waals surface area (Å²) in [4.78, 5) is 14.1. The maximum Gasteiger partial charge on any atom is 0.338 e. The van der Waals surface area contributed by atoms with E-state index in [4.69, 9.17) is 4.74 Å². The van der Waals surface area contributed by atoms with Crippen LogP contribution in [0.2, 0.25) is 0 Å². The van der Waals surface area contributed by atoms with Gasteiger partial charge in [0.1, 0.15) is 6.61 Å². The molecule has 1 aromatic carbocycles. The van der Waals surface area contributed by atoms with E-state index in [9.17, 15) is 9.90 Å². The molecule has 0 aromatic heterocycles. The molecule has 1 aromatic rings. The predicted molar refractivity (Wildman–Crippen MR) is 70.8 cm³/mol. The average Bonchev–Trinajstić information content (AvgIpc) is 2.46. The maximum absolute atomic E-state index is 11.9. The molecule has 19 heavy (non-hydrogen) atoms. The summed E-state index contributed by atoms with van der Waals surface area (Å²) in [7, 11) is 0. The van der Waals surface area contributed by atoms with Gasteiger partial charge in [0.25, 0.3) is 0 Å². The summed E-state index contributed by atoms with van der Waals surface area (Å²) in [6.45, 7) is 2.16. The second-order valence-corrected chi connectivity index (χ2v) is 5.47. The second kappa shape index (κ2) is 5.31. The zero-order chi connectivity index (χ0) is 13.2. The van der Waals surface area contributed by atoms with Crippen molar-refractivity contribution in [3.8, 4) is 0 Å². The summed E-state index contributed by atoms with van der Waals surface area (Å²) in [6, 6.07) is 9.34. The van der Waals surface area contributed by atoms with Crippen LogP contribution >= 0.6 is 0 Å². The zero-order valence-corrected chi connectivity index (χ0v) is 10.9. The SMILES string of the molecule is O=C(OCC1CC2CCN1CC2O)c1ccccc1. The number of nitrogens with zero attached hydrogens (tertiary/aromatic N) is 1. The molecular weight excluding hydrogens is 242 g/mol. The van der Waals surface area contributed by atoms with Crippen molar-refractivity contribution in [3.63, 3.8) is 0 Å². The van der Waals surface area contributed by atoms with Crippen LogP contribution in [0.5, 0.6) is 0 Å². The minimum absolute atomic E-state index is 0.199. The fraction of sp³-hybridized carbons (Fsp3) is 0.533. The lowest BCUT2D eigenvalue weighted by molar-refractivity contribution is -0.0702. The van der Waals surface area contributed by atoms with E-state index in [1.165, 1.54) is 0 Å². The highest BCUT2D eigenvalue weighted by Crippen LogP contribution is 2.32. The van der Waals surface area contributed by atoms with Gasteiger partial charge in [0.15, 0.2) is 0 Å². The molecule has 4 rings (SSSR count). The summed E-state index contributed by atoms with van der Waals surface area (Å²) in [5, 5.41) is 9.82. The molecule has 1 N–H and O–H groups in total. The number of benzene rings is 1. The van der Waals surface area contributed by atoms with Gasteiger partial charge in [-0.25, -0.2) is 4.79 Å². The van der Waals surface area contributed by atoms with Crippen LogP contribution in [0.4, 0.5) is 0 Å². The molecule has 0 saturated carbocycles. The molecule has 3 saturated heterocycles. The van der Waals surface area contributed by atoms with Crippen LogP contribution in [0, 0.1) is 5.92 Å². The van der Waals surface area contributed by atoms with Crippen molar-refractivity contribution in [3.05, 3.63) is 35.9 Å². The molecule has 4 atom stereocenters. The van der Waals surface area contributed by atoms with Gasteiger partial charge in [0.05, 0.1) is 11.7 Å². The Bertz CT molecular complexity index is 448. The minimum Gasteiger partial charge on any atom is -0.460 e. The van der Waals surface area contributed by atoms with Gasteiger partial charge in [0.2, 0.25) is 0 Å². The molecule has 0 amide bonds. The van der Waals surface area contributed by atoms with E-state index >= 15 is 0 Å². The molecule has 0 aliphatic carbocycles. The van der Waals surface area contributed by atoms with Crippen LogP contribution in [0.25, 0.3) is 0 Å². The Labute approximate surface area is 113 Å². The lowest BCUT2D eigenvalue weighted by Crippen LogP contribution is -2.57. The van der Waals surface area contributed by atoms with E-state index in [1.54, 1.807) is 12.1 Å². The van der Waals surface area contributed by atoms with Crippen LogP contribution in [0.15, 0.2) is 30.3 Å². The van der Waals surface area contributed by atoms with Gasteiger partial charge < -0.3 is 9.84 Å². The first kappa shape index (κ1) is 12.6. The monoisotopic (exact) mass is 261 g/mol. The molecular formula is C15H19NO3. The highest BCUT2D eigenvalue weighted by Gasteiger charge is 2.39. The van der Waals surface area contributed by atoms with Crippen molar-refractivity contribution in [1.29, 1.82) is 0 Å². The fourth-order valence-electron chi connectivity index (χ4n) is 3.11. The number of carbonyl (C=O) groups excluding carboxylic acids is 1. The molecule has 4 unspecified atom stereocenters. The first-order valence-electron chi connectivity index (χ1n) is 6.88. The molecule has 0 spiro atoms. The van der Waals surface area contributed by atoms with Gasteiger partial charge in [-0.1, -0.05) is 18.2 Å². The van der Waals surface area contributed by atoms with Crippen molar-refractivity contribution in [1.82, 2.24) is 4.90 Å². The van der Waals surface area contributed by atoms with E-state index in [-0.39, 0.29) is 18.1 Å². The lowest BCUT2D eigenvalue weighted by Gasteiger charge is -2.47. The number of ether oxygens (including phenoxy) is 1. The van der Waals surface area contributed by atoms with Gasteiger partial charge in [-0.2, -0.15) is 0 Å². The van der Waals surface area contributed by atoms with Crippen LogP contribution in [-0.2, 0) is 4.74 Å². The number of aliphatic hydroxyl groups is 1. The first-order chi connectivity index (χ1) is 9.24. The van der Waals surface area contributed by atoms with Gasteiger partial charge in [-0.05, 0) is 37.4 Å². The van der Waals surface area contributed by atoms with Crippen molar-refractivity contribution >= 4 is 5.97 Å². The smallest absolute Gasteiger partial charge is 0.338 e. The van der Waals surface area contributed by atoms with Gasteiger partial charge in [-0.15, -0.1) is 0 Å². The largest absolute Gasteiger partial charge is 0.460 e. The lowest BCUT2D eigenvalue weighted by atomic mass is 9.81. The standard InChI is InChI=1S/C15H19NO3/c17-14-9-16-7-6-12(14)8-13(16)10-19-15(18)11-4-2-1-3-5-11/h1-5,12-14,17H,6-10H2. The Kier molecular flexibility index (Phi) is 3.53. The minimum atomic E-state index is -0.260. The van der Waals surface area contributed by atoms with Crippen LogP contribution < -0.4 is 0 Å². The molecule has 3 fully saturated rings. The molecule has 4 nitrogen and oxygen atoms in total. The van der Waals surface area contributed by atoms with Crippen LogP contribution in [-0.4, -0.2) is 47.8 Å². The van der Waals surface area contributed by atoms with Crippen molar-refractivity contribution in [2.45, 2.75) is 25.0 Å². The number of fused-ring (bicyclic) bond motifs is 3. The number of rotatable bonds is 3. The van der Waals surface area contributed by atoms with Gasteiger partial charge in [-0.3, -0.25) is 4.90 Å². The summed E-state index contributed by atoms with van der Waals surface area (Å²) in [5.74, 6) is 0.120. The number of carbonyl (C=O) groups is 1. The summed E-state index contributed by atoms with van der Waals surface area (Å²) in [6.07, 6.45) is 1.79. The summed E-state index contributed by atoms with van der Waals surface area (Å²) >= 11 is 0. The Morgan fingerprint density at radius 2 is 2.16 bits per heavy atom. The quantitative estimate of drug-likeness (QED) is 0.833. The van der Waals surface area contributed by atoms with E-state index in [1.807, 2.05) is 18.2 Å². The van der Waals surface area contributed by atoms with Gasteiger partial charge >= 0.3 is 5.97 Å². The molecule has 102 valence electrons.